The van der Waals surface area contributed by atoms with Gasteiger partial charge >= 0.3 is 0 Å². The third-order valence-electron chi connectivity index (χ3n) is 1.60. The first-order valence-corrected chi connectivity index (χ1v) is 3.88. The number of nitrogens with two attached hydrogens (primary N) is 1. The van der Waals surface area contributed by atoms with E-state index < -0.39 is 23.8 Å². The van der Waals surface area contributed by atoms with Crippen LogP contribution in [0.1, 0.15) is 5.56 Å². The van der Waals surface area contributed by atoms with Gasteiger partial charge in [0.05, 0.1) is 11.6 Å². The standard InChI is InChI=1S/C8H7ClF3N/c9-6-2-1-5(3-7(6)10)8(11,12)4-13/h1-3H,4,13H2. The lowest BCUT2D eigenvalue weighted by Gasteiger charge is -2.13. The molecule has 0 aliphatic rings. The van der Waals surface area contributed by atoms with E-state index in [1.807, 2.05) is 0 Å². The van der Waals surface area contributed by atoms with Crippen molar-refractivity contribution in [3.63, 3.8) is 0 Å². The van der Waals surface area contributed by atoms with Gasteiger partial charge in [-0.3, -0.25) is 0 Å². The molecule has 0 unspecified atom stereocenters. The average molecular weight is 210 g/mol. The second-order valence-electron chi connectivity index (χ2n) is 2.54. The van der Waals surface area contributed by atoms with Gasteiger partial charge in [0.2, 0.25) is 0 Å². The maximum atomic E-state index is 12.9. The largest absolute Gasteiger partial charge is 0.325 e. The van der Waals surface area contributed by atoms with Gasteiger partial charge < -0.3 is 5.73 Å². The Bertz CT molecular complexity index is 314. The fourth-order valence-corrected chi connectivity index (χ4v) is 0.959. The minimum Gasteiger partial charge on any atom is -0.325 e. The van der Waals surface area contributed by atoms with Crippen LogP contribution in [0, 0.1) is 5.82 Å². The maximum absolute atomic E-state index is 12.9. The first-order chi connectivity index (χ1) is 5.97. The zero-order chi connectivity index (χ0) is 10.1. The molecule has 0 heterocycles. The average Bonchev–Trinajstić information content (AvgIpc) is 2.09. The number of halogens is 4. The molecule has 1 aromatic rings. The van der Waals surface area contributed by atoms with Crippen LogP contribution in [0.15, 0.2) is 18.2 Å². The maximum Gasteiger partial charge on any atom is 0.285 e. The molecule has 0 saturated carbocycles. The van der Waals surface area contributed by atoms with Gasteiger partial charge in [0.1, 0.15) is 5.82 Å². The molecular weight excluding hydrogens is 203 g/mol. The minimum absolute atomic E-state index is 0.184. The first kappa shape index (κ1) is 10.3. The first-order valence-electron chi connectivity index (χ1n) is 3.51. The highest BCUT2D eigenvalue weighted by Gasteiger charge is 2.29. The second-order valence-corrected chi connectivity index (χ2v) is 2.94. The summed E-state index contributed by atoms with van der Waals surface area (Å²) in [5.41, 5.74) is 4.36. The Morgan fingerprint density at radius 1 is 1.38 bits per heavy atom. The molecule has 5 heteroatoms. The molecule has 0 fully saturated rings. The highest BCUT2D eigenvalue weighted by molar-refractivity contribution is 6.30. The second kappa shape index (κ2) is 3.55. The highest BCUT2D eigenvalue weighted by atomic mass is 35.5. The molecule has 0 amide bonds. The molecular formula is C8H7ClF3N. The molecule has 1 rings (SSSR count). The van der Waals surface area contributed by atoms with Gasteiger partial charge in [0.25, 0.3) is 5.92 Å². The number of rotatable bonds is 2. The van der Waals surface area contributed by atoms with Gasteiger partial charge in [0, 0.05) is 5.56 Å². The lowest BCUT2D eigenvalue weighted by molar-refractivity contribution is 0.00566. The summed E-state index contributed by atoms with van der Waals surface area (Å²) in [5.74, 6) is -4.07. The molecule has 0 aliphatic carbocycles. The number of alkyl halides is 2. The van der Waals surface area contributed by atoms with Gasteiger partial charge in [-0.25, -0.2) is 4.39 Å². The van der Waals surface area contributed by atoms with E-state index in [1.54, 1.807) is 0 Å². The molecule has 0 aliphatic heterocycles. The smallest absolute Gasteiger partial charge is 0.285 e. The molecule has 13 heavy (non-hydrogen) atoms. The number of benzene rings is 1. The van der Waals surface area contributed by atoms with Crippen molar-refractivity contribution in [2.24, 2.45) is 5.73 Å². The van der Waals surface area contributed by atoms with Crippen molar-refractivity contribution in [3.8, 4) is 0 Å². The Labute approximate surface area is 78.3 Å². The Kier molecular flexibility index (Phi) is 2.83. The molecule has 0 aromatic heterocycles. The molecule has 0 radical (unpaired) electrons. The minimum atomic E-state index is -3.20. The van der Waals surface area contributed by atoms with Crippen molar-refractivity contribution in [2.45, 2.75) is 5.92 Å². The molecule has 0 spiro atoms. The van der Waals surface area contributed by atoms with E-state index in [-0.39, 0.29) is 5.02 Å². The summed E-state index contributed by atoms with van der Waals surface area (Å²) >= 11 is 5.32. The Morgan fingerprint density at radius 2 is 2.00 bits per heavy atom. The van der Waals surface area contributed by atoms with Gasteiger partial charge in [-0.15, -0.1) is 0 Å². The predicted octanol–water partition coefficient (Wildman–Crippen LogP) is 2.53. The molecule has 1 aromatic carbocycles. The van der Waals surface area contributed by atoms with E-state index in [0.717, 1.165) is 12.1 Å². The zero-order valence-corrected chi connectivity index (χ0v) is 7.28. The summed E-state index contributed by atoms with van der Waals surface area (Å²) in [4.78, 5) is 0. The fourth-order valence-electron chi connectivity index (χ4n) is 0.841. The SMILES string of the molecule is NCC(F)(F)c1ccc(Cl)c(F)c1. The molecule has 0 atom stereocenters. The quantitative estimate of drug-likeness (QED) is 0.796. The van der Waals surface area contributed by atoms with Crippen molar-refractivity contribution in [3.05, 3.63) is 34.6 Å². The van der Waals surface area contributed by atoms with Crippen molar-refractivity contribution >= 4 is 11.6 Å². The summed E-state index contributed by atoms with van der Waals surface area (Å²) in [6.07, 6.45) is 0. The van der Waals surface area contributed by atoms with Crippen molar-refractivity contribution in [2.75, 3.05) is 6.54 Å². The highest BCUT2D eigenvalue weighted by Crippen LogP contribution is 2.28. The van der Waals surface area contributed by atoms with Crippen LogP contribution >= 0.6 is 11.6 Å². The van der Waals surface area contributed by atoms with Gasteiger partial charge in [-0.2, -0.15) is 8.78 Å². The van der Waals surface area contributed by atoms with Crippen LogP contribution < -0.4 is 5.73 Å². The lowest BCUT2D eigenvalue weighted by atomic mass is 10.1. The number of hydrogen-bond donors (Lipinski definition) is 1. The predicted molar refractivity (Wildman–Crippen MR) is 44.4 cm³/mol. The van der Waals surface area contributed by atoms with Crippen LogP contribution in [-0.4, -0.2) is 6.54 Å². The zero-order valence-electron chi connectivity index (χ0n) is 6.53. The molecule has 0 bridgehead atoms. The summed E-state index contributed by atoms with van der Waals surface area (Å²) in [7, 11) is 0. The topological polar surface area (TPSA) is 26.0 Å². The van der Waals surface area contributed by atoms with Crippen LogP contribution in [0.4, 0.5) is 13.2 Å². The van der Waals surface area contributed by atoms with Crippen molar-refractivity contribution in [1.82, 2.24) is 0 Å². The van der Waals surface area contributed by atoms with Crippen LogP contribution in [0.3, 0.4) is 0 Å². The van der Waals surface area contributed by atoms with E-state index in [0.29, 0.717) is 6.07 Å². The summed E-state index contributed by atoms with van der Waals surface area (Å²) in [6.45, 7) is -0.853. The van der Waals surface area contributed by atoms with E-state index in [9.17, 15) is 13.2 Å². The molecule has 0 saturated heterocycles. The fraction of sp³-hybridized carbons (Fsp3) is 0.250. The van der Waals surface area contributed by atoms with E-state index in [4.69, 9.17) is 17.3 Å². The van der Waals surface area contributed by atoms with Crippen LogP contribution in [0.25, 0.3) is 0 Å². The number of hydrogen-bond acceptors (Lipinski definition) is 1. The van der Waals surface area contributed by atoms with Gasteiger partial charge in [0.15, 0.2) is 0 Å². The summed E-state index contributed by atoms with van der Waals surface area (Å²) in [6, 6.07) is 2.82. The summed E-state index contributed by atoms with van der Waals surface area (Å²) in [5, 5.41) is -0.184. The Hall–Kier alpha value is -0.740. The normalized spacial score (nSPS) is 11.8. The van der Waals surface area contributed by atoms with E-state index in [1.165, 1.54) is 0 Å². The molecule has 1 nitrogen and oxygen atoms in total. The van der Waals surface area contributed by atoms with Crippen LogP contribution in [0.2, 0.25) is 5.02 Å². The van der Waals surface area contributed by atoms with Crippen LogP contribution in [0.5, 0.6) is 0 Å². The van der Waals surface area contributed by atoms with Crippen LogP contribution in [-0.2, 0) is 5.92 Å². The van der Waals surface area contributed by atoms with Gasteiger partial charge in [-0.1, -0.05) is 17.7 Å². The lowest BCUT2D eigenvalue weighted by Crippen LogP contribution is -2.25. The van der Waals surface area contributed by atoms with Crippen molar-refractivity contribution in [1.29, 1.82) is 0 Å². The van der Waals surface area contributed by atoms with Crippen molar-refractivity contribution < 1.29 is 13.2 Å². The summed E-state index contributed by atoms with van der Waals surface area (Å²) < 4.78 is 38.5. The van der Waals surface area contributed by atoms with E-state index in [2.05, 4.69) is 0 Å². The van der Waals surface area contributed by atoms with Gasteiger partial charge in [-0.05, 0) is 12.1 Å². The third kappa shape index (κ3) is 2.14. The molecule has 2 N–H and O–H groups in total. The van der Waals surface area contributed by atoms with E-state index >= 15 is 0 Å². The molecule has 72 valence electrons. The monoisotopic (exact) mass is 209 g/mol. The Morgan fingerprint density at radius 3 is 2.46 bits per heavy atom. The Balaban J connectivity index is 3.10. The third-order valence-corrected chi connectivity index (χ3v) is 1.90.